The first-order valence-electron chi connectivity index (χ1n) is 16.3. The minimum atomic E-state index is -1.01. The zero-order valence-electron chi connectivity index (χ0n) is 28.4. The molecule has 0 bridgehead atoms. The number of allylic oxidation sites excluding steroid dienone is 2. The van der Waals surface area contributed by atoms with Crippen LogP contribution in [0.4, 0.5) is 4.79 Å². The summed E-state index contributed by atoms with van der Waals surface area (Å²) in [4.78, 5) is 56.1. The largest absolute Gasteiger partial charge is 0.445 e. The summed E-state index contributed by atoms with van der Waals surface area (Å²) >= 11 is 0. The number of aliphatic imine (C=N–C) groups is 1. The van der Waals surface area contributed by atoms with Gasteiger partial charge in [0, 0.05) is 25.2 Å². The van der Waals surface area contributed by atoms with Crippen molar-refractivity contribution < 1.29 is 23.9 Å². The molecular formula is C36H51N7O5. The highest BCUT2D eigenvalue weighted by Gasteiger charge is 2.29. The minimum absolute atomic E-state index is 0.0176. The van der Waals surface area contributed by atoms with Crippen molar-refractivity contribution in [2.24, 2.45) is 28.3 Å². The van der Waals surface area contributed by atoms with E-state index in [0.717, 1.165) is 11.1 Å². The molecule has 3 atom stereocenters. The molecular weight excluding hydrogens is 610 g/mol. The molecule has 0 aliphatic heterocycles. The van der Waals surface area contributed by atoms with E-state index in [1.165, 1.54) is 6.08 Å². The van der Waals surface area contributed by atoms with E-state index in [1.54, 1.807) is 12.2 Å². The molecule has 4 amide bonds. The number of ether oxygens (including phenoxy) is 1. The van der Waals surface area contributed by atoms with E-state index in [2.05, 4.69) is 26.3 Å². The third-order valence-electron chi connectivity index (χ3n) is 7.18. The summed E-state index contributed by atoms with van der Waals surface area (Å²) in [5.41, 5.74) is 12.7. The molecule has 0 aliphatic rings. The lowest BCUT2D eigenvalue weighted by atomic mass is 9.99. The summed E-state index contributed by atoms with van der Waals surface area (Å²) in [5.74, 6) is -1.26. The summed E-state index contributed by atoms with van der Waals surface area (Å²) in [6.07, 6.45) is 6.92. The molecule has 0 saturated carbocycles. The highest BCUT2D eigenvalue weighted by Crippen LogP contribution is 2.10. The second-order valence-corrected chi connectivity index (χ2v) is 12.1. The van der Waals surface area contributed by atoms with Crippen LogP contribution >= 0.6 is 0 Å². The normalized spacial score (nSPS) is 13.1. The molecule has 0 spiro atoms. The van der Waals surface area contributed by atoms with E-state index in [-0.39, 0.29) is 49.8 Å². The fourth-order valence-electron chi connectivity index (χ4n) is 4.53. The van der Waals surface area contributed by atoms with Crippen LogP contribution in [0.1, 0.15) is 58.1 Å². The third-order valence-corrected chi connectivity index (χ3v) is 7.18. The molecule has 48 heavy (non-hydrogen) atoms. The molecule has 2 aromatic rings. The first kappa shape index (κ1) is 39.1. The number of carbonyl (C=O) groups excluding carboxylic acids is 4. The molecule has 0 saturated heterocycles. The predicted molar refractivity (Wildman–Crippen MR) is 189 cm³/mol. The van der Waals surface area contributed by atoms with Gasteiger partial charge in [-0.25, -0.2) is 4.79 Å². The lowest BCUT2D eigenvalue weighted by Crippen LogP contribution is -2.57. The van der Waals surface area contributed by atoms with Gasteiger partial charge in [0.05, 0.1) is 0 Å². The maximum Gasteiger partial charge on any atom is 0.408 e. The van der Waals surface area contributed by atoms with Gasteiger partial charge in [-0.3, -0.25) is 19.4 Å². The quantitative estimate of drug-likeness (QED) is 0.0437. The van der Waals surface area contributed by atoms with Gasteiger partial charge >= 0.3 is 6.09 Å². The van der Waals surface area contributed by atoms with Gasteiger partial charge in [0.2, 0.25) is 17.7 Å². The number of nitrogens with one attached hydrogen (secondary N) is 4. The minimum Gasteiger partial charge on any atom is -0.445 e. The first-order chi connectivity index (χ1) is 22.9. The number of hydrogen-bond acceptors (Lipinski definition) is 6. The Kier molecular flexibility index (Phi) is 17.6. The monoisotopic (exact) mass is 661 g/mol. The van der Waals surface area contributed by atoms with Crippen LogP contribution in [0.2, 0.25) is 0 Å². The number of guanidine groups is 1. The van der Waals surface area contributed by atoms with Crippen LogP contribution in [-0.4, -0.2) is 61.0 Å². The maximum atomic E-state index is 13.5. The zero-order valence-corrected chi connectivity index (χ0v) is 28.4. The summed E-state index contributed by atoms with van der Waals surface area (Å²) in [5, 5.41) is 11.3. The fourth-order valence-corrected chi connectivity index (χ4v) is 4.53. The zero-order chi connectivity index (χ0) is 35.3. The van der Waals surface area contributed by atoms with Crippen molar-refractivity contribution in [2.75, 3.05) is 13.1 Å². The van der Waals surface area contributed by atoms with Crippen molar-refractivity contribution in [3.8, 4) is 0 Å². The van der Waals surface area contributed by atoms with Gasteiger partial charge in [-0.1, -0.05) is 107 Å². The number of benzene rings is 2. The SMILES string of the molecule is CC(C)C[C@H](NC(=O)[C@H](CCCN=C(N)N)NC(=O)OCc1ccccc1)C(=O)N[C@H](CNC(=O)/C=C/C=C/c1ccccc1)C(C)C. The average molecular weight is 662 g/mol. The molecule has 2 aromatic carbocycles. The van der Waals surface area contributed by atoms with E-state index in [0.29, 0.717) is 12.8 Å². The molecule has 0 fully saturated rings. The van der Waals surface area contributed by atoms with Crippen molar-refractivity contribution in [1.82, 2.24) is 21.3 Å². The summed E-state index contributed by atoms with van der Waals surface area (Å²) in [6, 6.07) is 16.6. The van der Waals surface area contributed by atoms with Crippen LogP contribution in [0.15, 0.2) is 83.9 Å². The molecule has 0 aromatic heterocycles. The van der Waals surface area contributed by atoms with Crippen LogP contribution in [0.25, 0.3) is 6.08 Å². The molecule has 0 aliphatic carbocycles. The predicted octanol–water partition coefficient (Wildman–Crippen LogP) is 3.39. The lowest BCUT2D eigenvalue weighted by Gasteiger charge is -2.28. The number of nitrogens with zero attached hydrogens (tertiary/aromatic N) is 1. The topological polar surface area (TPSA) is 190 Å². The number of hydrogen-bond donors (Lipinski definition) is 6. The van der Waals surface area contributed by atoms with Gasteiger partial charge in [-0.15, -0.1) is 0 Å². The second kappa shape index (κ2) is 21.6. The molecule has 260 valence electrons. The summed E-state index contributed by atoms with van der Waals surface area (Å²) in [6.45, 7) is 8.23. The number of rotatable bonds is 19. The van der Waals surface area contributed by atoms with Crippen molar-refractivity contribution in [3.63, 3.8) is 0 Å². The van der Waals surface area contributed by atoms with Crippen molar-refractivity contribution in [1.29, 1.82) is 0 Å². The Hall–Kier alpha value is -5.13. The van der Waals surface area contributed by atoms with Crippen LogP contribution in [0, 0.1) is 11.8 Å². The number of alkyl carbamates (subject to hydrolysis) is 1. The fraction of sp³-hybridized carbons (Fsp3) is 0.417. The molecule has 0 heterocycles. The van der Waals surface area contributed by atoms with Gasteiger partial charge < -0.3 is 37.5 Å². The summed E-state index contributed by atoms with van der Waals surface area (Å²) in [7, 11) is 0. The van der Waals surface area contributed by atoms with Gasteiger partial charge in [0.15, 0.2) is 5.96 Å². The number of nitrogens with two attached hydrogens (primary N) is 2. The van der Waals surface area contributed by atoms with E-state index in [1.807, 2.05) is 94.4 Å². The molecule has 8 N–H and O–H groups in total. The Bertz CT molecular complexity index is 1370. The van der Waals surface area contributed by atoms with Crippen LogP contribution < -0.4 is 32.7 Å². The van der Waals surface area contributed by atoms with E-state index >= 15 is 0 Å². The van der Waals surface area contributed by atoms with Gasteiger partial charge in [-0.2, -0.15) is 0 Å². The Labute approximate surface area is 283 Å². The molecule has 12 heteroatoms. The Morgan fingerprint density at radius 1 is 0.833 bits per heavy atom. The third kappa shape index (κ3) is 16.4. The van der Waals surface area contributed by atoms with Crippen LogP contribution in [0.3, 0.4) is 0 Å². The Balaban J connectivity index is 2.04. The van der Waals surface area contributed by atoms with Crippen molar-refractivity contribution in [2.45, 2.75) is 71.7 Å². The number of amides is 4. The first-order valence-corrected chi connectivity index (χ1v) is 16.3. The van der Waals surface area contributed by atoms with Crippen molar-refractivity contribution >= 4 is 35.9 Å². The summed E-state index contributed by atoms with van der Waals surface area (Å²) < 4.78 is 5.33. The Morgan fingerprint density at radius 2 is 1.48 bits per heavy atom. The van der Waals surface area contributed by atoms with E-state index in [4.69, 9.17) is 16.2 Å². The molecule has 0 unspecified atom stereocenters. The van der Waals surface area contributed by atoms with E-state index < -0.39 is 36.0 Å². The standard InChI is InChI=1S/C36H51N7O5/c1-25(2)22-30(34(46)42-31(26(3)4)23-40-32(44)20-12-11-16-27-14-7-5-8-15-27)41-33(45)29(19-13-21-39-35(37)38)43-36(47)48-24-28-17-9-6-10-18-28/h5-12,14-18,20,25-26,29-31H,13,19,21-24H2,1-4H3,(H,40,44)(H,41,45)(H,42,46)(H,43,47)(H4,37,38,39)/b16-11+,20-12+/t29-,30-,31+/m0/s1. The smallest absolute Gasteiger partial charge is 0.408 e. The molecule has 12 nitrogen and oxygen atoms in total. The van der Waals surface area contributed by atoms with Crippen LogP contribution in [-0.2, 0) is 25.7 Å². The van der Waals surface area contributed by atoms with E-state index in [9.17, 15) is 19.2 Å². The van der Waals surface area contributed by atoms with Gasteiger partial charge in [0.1, 0.15) is 18.7 Å². The van der Waals surface area contributed by atoms with Gasteiger partial charge in [0.25, 0.3) is 0 Å². The molecule has 2 rings (SSSR count). The molecule has 0 radical (unpaired) electrons. The second-order valence-electron chi connectivity index (χ2n) is 12.1. The number of carbonyl (C=O) groups is 4. The average Bonchev–Trinajstić information content (AvgIpc) is 3.05. The highest BCUT2D eigenvalue weighted by atomic mass is 16.5. The lowest BCUT2D eigenvalue weighted by molar-refractivity contribution is -0.131. The van der Waals surface area contributed by atoms with Crippen LogP contribution in [0.5, 0.6) is 0 Å². The van der Waals surface area contributed by atoms with Gasteiger partial charge in [-0.05, 0) is 42.2 Å². The Morgan fingerprint density at radius 3 is 2.10 bits per heavy atom. The highest BCUT2D eigenvalue weighted by molar-refractivity contribution is 5.91. The maximum absolute atomic E-state index is 13.5. The van der Waals surface area contributed by atoms with Crippen molar-refractivity contribution in [3.05, 3.63) is 90.0 Å².